The minimum atomic E-state index is -4.61. The van der Waals surface area contributed by atoms with Gasteiger partial charge in [-0.3, -0.25) is 4.79 Å². The van der Waals surface area contributed by atoms with E-state index < -0.39 is 17.7 Å². The molecule has 0 radical (unpaired) electrons. The van der Waals surface area contributed by atoms with E-state index in [4.69, 9.17) is 19.6 Å². The molecule has 0 spiro atoms. The lowest BCUT2D eigenvalue weighted by molar-refractivity contribution is -0.142. The molecule has 0 saturated carbocycles. The maximum Gasteiger partial charge on any atom is 0.420 e. The quantitative estimate of drug-likeness (QED) is 0.299. The molecule has 1 heterocycles. The molecule has 0 atom stereocenters. The molecule has 0 saturated heterocycles. The number of furan rings is 1. The summed E-state index contributed by atoms with van der Waals surface area (Å²) in [6.07, 6.45) is -3.31. The SMILES string of the molecule is CCOC(=O)Cc1ccccc1OCc1coc2c(C(F)(F)F)cc(-c3cccc(CN)c3)cc12. The summed E-state index contributed by atoms with van der Waals surface area (Å²) >= 11 is 0. The van der Waals surface area contributed by atoms with E-state index in [2.05, 4.69) is 0 Å². The van der Waals surface area contributed by atoms with Gasteiger partial charge in [0.15, 0.2) is 0 Å². The normalized spacial score (nSPS) is 11.6. The highest BCUT2D eigenvalue weighted by molar-refractivity contribution is 5.89. The highest BCUT2D eigenvalue weighted by atomic mass is 19.4. The van der Waals surface area contributed by atoms with Gasteiger partial charge in [-0.1, -0.05) is 36.4 Å². The number of rotatable bonds is 8. The Morgan fingerprint density at radius 3 is 2.54 bits per heavy atom. The molecule has 35 heavy (non-hydrogen) atoms. The Morgan fingerprint density at radius 1 is 1.00 bits per heavy atom. The third-order valence-corrected chi connectivity index (χ3v) is 5.55. The molecule has 0 bridgehead atoms. The Bertz CT molecular complexity index is 1340. The molecule has 8 heteroatoms. The summed E-state index contributed by atoms with van der Waals surface area (Å²) in [5.74, 6) is 0.0502. The highest BCUT2D eigenvalue weighted by Crippen LogP contribution is 2.40. The average molecular weight is 483 g/mol. The van der Waals surface area contributed by atoms with Crippen molar-refractivity contribution in [2.45, 2.75) is 32.7 Å². The molecule has 0 fully saturated rings. The Hall–Kier alpha value is -3.78. The van der Waals surface area contributed by atoms with Crippen LogP contribution in [0.15, 0.2) is 71.3 Å². The maximum atomic E-state index is 13.9. The molecule has 2 N–H and O–H groups in total. The second-order valence-electron chi connectivity index (χ2n) is 7.94. The van der Waals surface area contributed by atoms with E-state index in [-0.39, 0.29) is 31.8 Å². The molecule has 1 aromatic heterocycles. The fraction of sp³-hybridized carbons (Fsp3) is 0.222. The van der Waals surface area contributed by atoms with Crippen LogP contribution >= 0.6 is 0 Å². The number of carbonyl (C=O) groups is 1. The predicted octanol–water partition coefficient (Wildman–Crippen LogP) is 6.26. The van der Waals surface area contributed by atoms with Crippen molar-refractivity contribution in [3.63, 3.8) is 0 Å². The van der Waals surface area contributed by atoms with Gasteiger partial charge >= 0.3 is 12.1 Å². The van der Waals surface area contributed by atoms with Crippen LogP contribution in [-0.4, -0.2) is 12.6 Å². The number of alkyl halides is 3. The maximum absolute atomic E-state index is 13.9. The van der Waals surface area contributed by atoms with Gasteiger partial charge in [-0.05, 0) is 47.9 Å². The van der Waals surface area contributed by atoms with Crippen LogP contribution < -0.4 is 10.5 Å². The van der Waals surface area contributed by atoms with Gasteiger partial charge < -0.3 is 19.6 Å². The third kappa shape index (κ3) is 5.49. The topological polar surface area (TPSA) is 74.7 Å². The van der Waals surface area contributed by atoms with Crippen molar-refractivity contribution in [2.24, 2.45) is 5.73 Å². The zero-order valence-electron chi connectivity index (χ0n) is 19.0. The van der Waals surface area contributed by atoms with Crippen LogP contribution in [0.1, 0.15) is 29.2 Å². The van der Waals surface area contributed by atoms with E-state index in [1.54, 1.807) is 55.5 Å². The van der Waals surface area contributed by atoms with E-state index in [0.29, 0.717) is 33.4 Å². The molecule has 182 valence electrons. The number of benzene rings is 3. The van der Waals surface area contributed by atoms with Gasteiger partial charge in [-0.2, -0.15) is 13.2 Å². The Labute approximate surface area is 200 Å². The number of halogens is 3. The lowest BCUT2D eigenvalue weighted by Gasteiger charge is -2.13. The lowest BCUT2D eigenvalue weighted by atomic mass is 9.97. The Morgan fingerprint density at radius 2 is 1.80 bits per heavy atom. The summed E-state index contributed by atoms with van der Waals surface area (Å²) in [5, 5.41) is 0.302. The summed E-state index contributed by atoms with van der Waals surface area (Å²) in [5.41, 5.74) is 7.48. The number of hydrogen-bond acceptors (Lipinski definition) is 5. The highest BCUT2D eigenvalue weighted by Gasteiger charge is 2.35. The van der Waals surface area contributed by atoms with Crippen molar-refractivity contribution in [1.82, 2.24) is 0 Å². The molecule has 4 rings (SSSR count). The monoisotopic (exact) mass is 483 g/mol. The Kier molecular flexibility index (Phi) is 7.12. The number of fused-ring (bicyclic) bond motifs is 1. The first-order valence-electron chi connectivity index (χ1n) is 11.1. The van der Waals surface area contributed by atoms with E-state index in [1.165, 1.54) is 6.26 Å². The summed E-state index contributed by atoms with van der Waals surface area (Å²) in [6.45, 7) is 2.22. The minimum absolute atomic E-state index is 0.0238. The first-order chi connectivity index (χ1) is 16.8. The molecule has 0 amide bonds. The summed E-state index contributed by atoms with van der Waals surface area (Å²) < 4.78 is 58.0. The van der Waals surface area contributed by atoms with Gasteiger partial charge in [0, 0.05) is 23.1 Å². The molecular weight excluding hydrogens is 459 g/mol. The molecule has 0 unspecified atom stereocenters. The molecule has 5 nitrogen and oxygen atoms in total. The van der Waals surface area contributed by atoms with E-state index >= 15 is 0 Å². The zero-order valence-corrected chi connectivity index (χ0v) is 19.0. The fourth-order valence-electron chi connectivity index (χ4n) is 3.87. The predicted molar refractivity (Wildman–Crippen MR) is 126 cm³/mol. The van der Waals surface area contributed by atoms with Gasteiger partial charge in [-0.25, -0.2) is 0 Å². The standard InChI is InChI=1S/C27H24F3NO4/c1-2-33-25(32)13-19-7-3-4-9-24(19)34-15-21-16-35-26-22(21)11-20(12-23(26)27(28,29)30)18-8-5-6-17(10-18)14-31/h3-12,16H,2,13-15,31H2,1H3. The molecule has 3 aromatic carbocycles. The zero-order chi connectivity index (χ0) is 25.0. The van der Waals surface area contributed by atoms with E-state index in [1.807, 2.05) is 6.07 Å². The molecular formula is C27H24F3NO4. The van der Waals surface area contributed by atoms with Gasteiger partial charge in [0.1, 0.15) is 17.9 Å². The van der Waals surface area contributed by atoms with Gasteiger partial charge in [0.05, 0.1) is 24.9 Å². The van der Waals surface area contributed by atoms with Gasteiger partial charge in [0.2, 0.25) is 0 Å². The first-order valence-corrected chi connectivity index (χ1v) is 11.1. The lowest BCUT2D eigenvalue weighted by Crippen LogP contribution is -2.09. The van der Waals surface area contributed by atoms with Crippen LogP contribution in [-0.2, 0) is 35.3 Å². The van der Waals surface area contributed by atoms with Crippen molar-refractivity contribution < 1.29 is 31.9 Å². The second-order valence-corrected chi connectivity index (χ2v) is 7.94. The number of carbonyl (C=O) groups excluding carboxylic acids is 1. The number of esters is 1. The third-order valence-electron chi connectivity index (χ3n) is 5.55. The smallest absolute Gasteiger partial charge is 0.420 e. The summed E-state index contributed by atoms with van der Waals surface area (Å²) in [7, 11) is 0. The van der Waals surface area contributed by atoms with Crippen molar-refractivity contribution in [1.29, 1.82) is 0 Å². The van der Waals surface area contributed by atoms with Crippen molar-refractivity contribution in [3.05, 3.63) is 89.2 Å². The minimum Gasteiger partial charge on any atom is -0.488 e. The van der Waals surface area contributed by atoms with Crippen molar-refractivity contribution in [3.8, 4) is 16.9 Å². The van der Waals surface area contributed by atoms with Crippen molar-refractivity contribution >= 4 is 16.9 Å². The Balaban J connectivity index is 1.70. The van der Waals surface area contributed by atoms with Crippen LogP contribution in [0.2, 0.25) is 0 Å². The van der Waals surface area contributed by atoms with Crippen LogP contribution in [0, 0.1) is 0 Å². The van der Waals surface area contributed by atoms with E-state index in [9.17, 15) is 18.0 Å². The van der Waals surface area contributed by atoms with E-state index in [0.717, 1.165) is 11.6 Å². The summed E-state index contributed by atoms with van der Waals surface area (Å²) in [4.78, 5) is 11.9. The van der Waals surface area contributed by atoms with Gasteiger partial charge in [0.25, 0.3) is 0 Å². The number of nitrogens with two attached hydrogens (primary N) is 1. The van der Waals surface area contributed by atoms with Crippen LogP contribution in [0.3, 0.4) is 0 Å². The van der Waals surface area contributed by atoms with Crippen molar-refractivity contribution in [2.75, 3.05) is 6.61 Å². The number of para-hydroxylation sites is 1. The van der Waals surface area contributed by atoms with Crippen LogP contribution in [0.25, 0.3) is 22.1 Å². The molecule has 0 aliphatic carbocycles. The largest absolute Gasteiger partial charge is 0.488 e. The van der Waals surface area contributed by atoms with Crippen LogP contribution in [0.5, 0.6) is 5.75 Å². The average Bonchev–Trinajstić information content (AvgIpc) is 3.25. The fourth-order valence-corrected chi connectivity index (χ4v) is 3.87. The first kappa shape index (κ1) is 24.3. The molecule has 0 aliphatic heterocycles. The van der Waals surface area contributed by atoms with Gasteiger partial charge in [-0.15, -0.1) is 0 Å². The molecule has 4 aromatic rings. The summed E-state index contributed by atoms with van der Waals surface area (Å²) in [6, 6.07) is 16.8. The number of ether oxygens (including phenoxy) is 2. The molecule has 0 aliphatic rings. The second kappa shape index (κ2) is 10.2. The number of hydrogen-bond donors (Lipinski definition) is 1. The van der Waals surface area contributed by atoms with Crippen LogP contribution in [0.4, 0.5) is 13.2 Å².